The molecular formula is C18H20ClFN6OS. The van der Waals surface area contributed by atoms with Crippen molar-refractivity contribution >= 4 is 29.7 Å². The summed E-state index contributed by atoms with van der Waals surface area (Å²) in [5.74, 6) is 0.170. The van der Waals surface area contributed by atoms with Gasteiger partial charge in [0.05, 0.1) is 17.8 Å². The van der Waals surface area contributed by atoms with Gasteiger partial charge in [0.25, 0.3) is 5.91 Å². The van der Waals surface area contributed by atoms with E-state index in [4.69, 9.17) is 23.8 Å². The predicted molar refractivity (Wildman–Crippen MR) is 107 cm³/mol. The second-order valence-electron chi connectivity index (χ2n) is 6.23. The van der Waals surface area contributed by atoms with Gasteiger partial charge in [0.1, 0.15) is 16.8 Å². The van der Waals surface area contributed by atoms with E-state index in [1.54, 1.807) is 19.1 Å². The molecule has 1 amide bonds. The Kier molecular flexibility index (Phi) is 6.25. The van der Waals surface area contributed by atoms with E-state index >= 15 is 0 Å². The number of aromatic amines is 1. The summed E-state index contributed by atoms with van der Waals surface area (Å²) in [5, 5.41) is 14.4. The third-order valence-electron chi connectivity index (χ3n) is 4.33. The van der Waals surface area contributed by atoms with Crippen LogP contribution in [-0.4, -0.2) is 37.0 Å². The number of carbonyl (C=O) groups is 1. The van der Waals surface area contributed by atoms with E-state index in [9.17, 15) is 9.18 Å². The first kappa shape index (κ1) is 20.2. The average molecular weight is 423 g/mol. The van der Waals surface area contributed by atoms with E-state index in [1.807, 2.05) is 11.5 Å². The minimum atomic E-state index is -0.309. The standard InChI is InChI=1S/C18H20ClFN6OS/c1-3-25-14(22-23-18(25)28)8-9-21-17(27)15-11(2)24-26(16(15)19)10-12-4-6-13(20)7-5-12/h4-7H,3,8-10H2,1-2H3,(H,21,27)(H,23,28). The van der Waals surface area contributed by atoms with Crippen LogP contribution in [0.4, 0.5) is 4.39 Å². The molecule has 10 heteroatoms. The maximum atomic E-state index is 13.1. The molecule has 0 saturated carbocycles. The maximum absolute atomic E-state index is 13.1. The molecule has 0 saturated heterocycles. The molecule has 2 heterocycles. The predicted octanol–water partition coefficient (Wildman–Crippen LogP) is 3.28. The fourth-order valence-corrected chi connectivity index (χ4v) is 3.52. The Morgan fingerprint density at radius 1 is 1.36 bits per heavy atom. The van der Waals surface area contributed by atoms with Gasteiger partial charge in [0.15, 0.2) is 4.77 Å². The number of amides is 1. The quantitative estimate of drug-likeness (QED) is 0.572. The van der Waals surface area contributed by atoms with E-state index in [-0.39, 0.29) is 16.9 Å². The molecule has 0 atom stereocenters. The van der Waals surface area contributed by atoms with Crippen LogP contribution in [0.15, 0.2) is 24.3 Å². The first-order valence-corrected chi connectivity index (χ1v) is 9.59. The molecule has 0 spiro atoms. The lowest BCUT2D eigenvalue weighted by Crippen LogP contribution is -2.27. The maximum Gasteiger partial charge on any atom is 0.256 e. The van der Waals surface area contributed by atoms with Crippen LogP contribution in [0, 0.1) is 17.5 Å². The van der Waals surface area contributed by atoms with Crippen LogP contribution in [0.3, 0.4) is 0 Å². The van der Waals surface area contributed by atoms with Gasteiger partial charge in [-0.1, -0.05) is 23.7 Å². The summed E-state index contributed by atoms with van der Waals surface area (Å²) >= 11 is 11.5. The fraction of sp³-hybridized carbons (Fsp3) is 0.333. The second-order valence-corrected chi connectivity index (χ2v) is 6.98. The number of hydrogen-bond acceptors (Lipinski definition) is 4. The van der Waals surface area contributed by atoms with Gasteiger partial charge in [0.2, 0.25) is 0 Å². The number of halogens is 2. The smallest absolute Gasteiger partial charge is 0.256 e. The van der Waals surface area contributed by atoms with Crippen LogP contribution in [0.5, 0.6) is 0 Å². The Hall–Kier alpha value is -2.52. The Morgan fingerprint density at radius 2 is 2.07 bits per heavy atom. The molecule has 0 aliphatic rings. The third kappa shape index (κ3) is 4.31. The van der Waals surface area contributed by atoms with E-state index in [0.717, 1.165) is 11.4 Å². The Labute approximate surface area is 171 Å². The summed E-state index contributed by atoms with van der Waals surface area (Å²) in [7, 11) is 0. The molecule has 28 heavy (non-hydrogen) atoms. The average Bonchev–Trinajstić information content (AvgIpc) is 3.15. The van der Waals surface area contributed by atoms with E-state index in [2.05, 4.69) is 20.6 Å². The number of nitrogens with zero attached hydrogens (tertiary/aromatic N) is 4. The van der Waals surface area contributed by atoms with Crippen molar-refractivity contribution in [1.82, 2.24) is 29.9 Å². The zero-order valence-corrected chi connectivity index (χ0v) is 17.1. The van der Waals surface area contributed by atoms with Crippen molar-refractivity contribution in [2.24, 2.45) is 0 Å². The molecule has 0 radical (unpaired) electrons. The Balaban J connectivity index is 1.67. The summed E-state index contributed by atoms with van der Waals surface area (Å²) in [6, 6.07) is 6.06. The van der Waals surface area contributed by atoms with E-state index in [0.29, 0.717) is 42.1 Å². The summed E-state index contributed by atoms with van der Waals surface area (Å²) in [4.78, 5) is 12.6. The molecule has 3 aromatic rings. The van der Waals surface area contributed by atoms with Crippen molar-refractivity contribution in [3.63, 3.8) is 0 Å². The van der Waals surface area contributed by atoms with E-state index < -0.39 is 0 Å². The molecule has 0 fully saturated rings. The summed E-state index contributed by atoms with van der Waals surface area (Å²) < 4.78 is 17.0. The van der Waals surface area contributed by atoms with E-state index in [1.165, 1.54) is 16.8 Å². The molecule has 0 aliphatic heterocycles. The third-order valence-corrected chi connectivity index (χ3v) is 5.02. The van der Waals surface area contributed by atoms with Gasteiger partial charge in [-0.25, -0.2) is 9.07 Å². The number of carbonyl (C=O) groups excluding carboxylic acids is 1. The van der Waals surface area contributed by atoms with Gasteiger partial charge in [-0.15, -0.1) is 0 Å². The molecule has 0 unspecified atom stereocenters. The number of rotatable bonds is 7. The van der Waals surface area contributed by atoms with Crippen molar-refractivity contribution in [2.45, 2.75) is 33.4 Å². The SMILES string of the molecule is CCn1c(CCNC(=O)c2c(C)nn(Cc3ccc(F)cc3)c2Cl)n[nH]c1=S. The highest BCUT2D eigenvalue weighted by Crippen LogP contribution is 2.21. The lowest BCUT2D eigenvalue weighted by Gasteiger charge is -2.07. The molecule has 0 aliphatic carbocycles. The van der Waals surface area contributed by atoms with Gasteiger partial charge in [-0.2, -0.15) is 10.2 Å². The molecule has 1 aromatic carbocycles. The van der Waals surface area contributed by atoms with Crippen LogP contribution in [0.2, 0.25) is 5.15 Å². The number of hydrogen-bond donors (Lipinski definition) is 2. The lowest BCUT2D eigenvalue weighted by atomic mass is 10.2. The lowest BCUT2D eigenvalue weighted by molar-refractivity contribution is 0.0953. The second kappa shape index (κ2) is 8.66. The normalized spacial score (nSPS) is 11.0. The summed E-state index contributed by atoms with van der Waals surface area (Å²) in [6.45, 7) is 5.14. The first-order chi connectivity index (χ1) is 13.4. The Morgan fingerprint density at radius 3 is 2.75 bits per heavy atom. The van der Waals surface area contributed by atoms with Crippen molar-refractivity contribution in [3.05, 3.63) is 62.7 Å². The molecule has 7 nitrogen and oxygen atoms in total. The van der Waals surface area contributed by atoms with Crippen LogP contribution >= 0.6 is 23.8 Å². The van der Waals surface area contributed by atoms with Crippen LogP contribution < -0.4 is 5.32 Å². The Bertz CT molecular complexity index is 1040. The molecule has 148 valence electrons. The number of aromatic nitrogens is 5. The highest BCUT2D eigenvalue weighted by molar-refractivity contribution is 7.71. The van der Waals surface area contributed by atoms with Crippen molar-refractivity contribution in [2.75, 3.05) is 6.54 Å². The molecule has 2 N–H and O–H groups in total. The molecule has 3 rings (SSSR count). The monoisotopic (exact) mass is 422 g/mol. The number of nitrogens with one attached hydrogen (secondary N) is 2. The van der Waals surface area contributed by atoms with Crippen molar-refractivity contribution in [1.29, 1.82) is 0 Å². The fourth-order valence-electron chi connectivity index (χ4n) is 2.92. The highest BCUT2D eigenvalue weighted by Gasteiger charge is 2.20. The number of H-pyrrole nitrogens is 1. The van der Waals surface area contributed by atoms with Crippen molar-refractivity contribution in [3.8, 4) is 0 Å². The summed E-state index contributed by atoms with van der Waals surface area (Å²) in [5.41, 5.74) is 1.69. The number of benzene rings is 1. The molecule has 0 bridgehead atoms. The highest BCUT2D eigenvalue weighted by atomic mass is 35.5. The largest absolute Gasteiger partial charge is 0.351 e. The van der Waals surface area contributed by atoms with Gasteiger partial charge < -0.3 is 9.88 Å². The minimum Gasteiger partial charge on any atom is -0.351 e. The first-order valence-electron chi connectivity index (χ1n) is 8.80. The van der Waals surface area contributed by atoms with Crippen LogP contribution in [0.25, 0.3) is 0 Å². The zero-order chi connectivity index (χ0) is 20.3. The molecule has 2 aromatic heterocycles. The topological polar surface area (TPSA) is 80.5 Å². The zero-order valence-electron chi connectivity index (χ0n) is 15.5. The van der Waals surface area contributed by atoms with Gasteiger partial charge in [-0.05, 0) is 43.8 Å². The summed E-state index contributed by atoms with van der Waals surface area (Å²) in [6.07, 6.45) is 0.535. The van der Waals surface area contributed by atoms with Gasteiger partial charge in [0, 0.05) is 19.5 Å². The molecular weight excluding hydrogens is 403 g/mol. The van der Waals surface area contributed by atoms with Gasteiger partial charge in [-0.3, -0.25) is 9.89 Å². The van der Waals surface area contributed by atoms with Crippen molar-refractivity contribution < 1.29 is 9.18 Å². The van der Waals surface area contributed by atoms with Crippen LogP contribution in [-0.2, 0) is 19.5 Å². The number of aryl methyl sites for hydroxylation is 1. The van der Waals surface area contributed by atoms with Crippen LogP contribution in [0.1, 0.15) is 34.4 Å². The van der Waals surface area contributed by atoms with Gasteiger partial charge >= 0.3 is 0 Å². The minimum absolute atomic E-state index is 0.246.